The number of rotatable bonds is 5. The van der Waals surface area contributed by atoms with Crippen molar-refractivity contribution in [3.8, 4) is 5.75 Å². The van der Waals surface area contributed by atoms with Gasteiger partial charge in [0.15, 0.2) is 22.7 Å². The molecule has 144 valence electrons. The van der Waals surface area contributed by atoms with Gasteiger partial charge in [0.1, 0.15) is 0 Å². The fraction of sp³-hybridized carbons (Fsp3) is 0.333. The van der Waals surface area contributed by atoms with Gasteiger partial charge in [0.05, 0.1) is 6.61 Å². The maximum absolute atomic E-state index is 15.2. The third kappa shape index (κ3) is 2.74. The summed E-state index contributed by atoms with van der Waals surface area (Å²) < 4.78 is 41.5. The van der Waals surface area contributed by atoms with Gasteiger partial charge in [0.25, 0.3) is 0 Å². The van der Waals surface area contributed by atoms with Crippen molar-refractivity contribution in [2.24, 2.45) is 5.92 Å². The molecule has 0 saturated heterocycles. The molecule has 0 radical (unpaired) electrons. The number of ether oxygens (including phenoxy) is 1. The van der Waals surface area contributed by atoms with E-state index in [1.54, 1.807) is 12.1 Å². The summed E-state index contributed by atoms with van der Waals surface area (Å²) in [4.78, 5) is 0. The second-order valence-electron chi connectivity index (χ2n) is 7.84. The molecule has 0 spiro atoms. The van der Waals surface area contributed by atoms with E-state index in [-0.39, 0.29) is 16.9 Å². The van der Waals surface area contributed by atoms with Gasteiger partial charge in [-0.25, -0.2) is 4.39 Å². The smallest absolute Gasteiger partial charge is 0.208 e. The Kier molecular flexibility index (Phi) is 4.22. The van der Waals surface area contributed by atoms with Gasteiger partial charge in [-0.15, -0.1) is 0 Å². The van der Waals surface area contributed by atoms with Crippen molar-refractivity contribution in [1.29, 1.82) is 0 Å². The summed E-state index contributed by atoms with van der Waals surface area (Å²) in [7, 11) is 0. The van der Waals surface area contributed by atoms with Crippen LogP contribution in [0, 0.1) is 17.6 Å². The van der Waals surface area contributed by atoms with Gasteiger partial charge in [-0.2, -0.15) is 4.39 Å². The number of furan rings is 1. The van der Waals surface area contributed by atoms with Gasteiger partial charge >= 0.3 is 0 Å². The first kappa shape index (κ1) is 17.5. The first-order chi connectivity index (χ1) is 13.7. The second-order valence-corrected chi connectivity index (χ2v) is 7.84. The number of hydrogen-bond donors (Lipinski definition) is 0. The zero-order chi connectivity index (χ0) is 19.3. The molecule has 1 aromatic heterocycles. The highest BCUT2D eigenvalue weighted by molar-refractivity contribution is 6.10. The summed E-state index contributed by atoms with van der Waals surface area (Å²) in [6.07, 6.45) is 5.36. The number of fused-ring (bicyclic) bond motifs is 4. The van der Waals surface area contributed by atoms with Crippen LogP contribution in [0.2, 0.25) is 0 Å². The summed E-state index contributed by atoms with van der Waals surface area (Å²) in [5.74, 6) is -0.305. The molecule has 2 nitrogen and oxygen atoms in total. The summed E-state index contributed by atoms with van der Waals surface area (Å²) in [6.45, 7) is 2.61. The van der Waals surface area contributed by atoms with Crippen molar-refractivity contribution in [3.05, 3.63) is 53.6 Å². The largest absolute Gasteiger partial charge is 0.490 e. The minimum atomic E-state index is -0.553. The summed E-state index contributed by atoms with van der Waals surface area (Å²) in [6, 6.07) is 11.1. The van der Waals surface area contributed by atoms with Crippen LogP contribution in [0.15, 0.2) is 40.8 Å². The predicted octanol–water partition coefficient (Wildman–Crippen LogP) is 7.15. The Morgan fingerprint density at radius 3 is 2.54 bits per heavy atom. The topological polar surface area (TPSA) is 22.4 Å². The minimum absolute atomic E-state index is 0.0593. The molecule has 1 aliphatic carbocycles. The van der Waals surface area contributed by atoms with Crippen molar-refractivity contribution in [2.45, 2.75) is 39.0 Å². The Morgan fingerprint density at radius 2 is 1.79 bits per heavy atom. The van der Waals surface area contributed by atoms with E-state index in [1.807, 2.05) is 24.3 Å². The second kappa shape index (κ2) is 6.77. The normalized spacial score (nSPS) is 14.8. The molecular formula is C24H22F2O2. The van der Waals surface area contributed by atoms with Crippen molar-refractivity contribution >= 4 is 32.7 Å². The van der Waals surface area contributed by atoms with E-state index in [0.29, 0.717) is 28.7 Å². The van der Waals surface area contributed by atoms with Gasteiger partial charge in [0.2, 0.25) is 5.82 Å². The number of halogens is 2. The molecular weight excluding hydrogens is 358 g/mol. The molecule has 0 aliphatic heterocycles. The number of benzene rings is 3. The molecule has 0 N–H and O–H groups in total. The van der Waals surface area contributed by atoms with Gasteiger partial charge in [-0.05, 0) is 60.4 Å². The quantitative estimate of drug-likeness (QED) is 0.367. The minimum Gasteiger partial charge on any atom is -0.490 e. The lowest BCUT2D eigenvalue weighted by atomic mass is 9.86. The van der Waals surface area contributed by atoms with E-state index < -0.39 is 11.6 Å². The fourth-order valence-corrected chi connectivity index (χ4v) is 4.06. The SMILES string of the molecule is CCCc1ccc2cc3c(oc4c(F)c(OCC5CCC5)ccc43)c(F)c2c1. The molecule has 1 aliphatic rings. The average molecular weight is 380 g/mol. The van der Waals surface area contributed by atoms with Crippen molar-refractivity contribution in [3.63, 3.8) is 0 Å². The molecule has 28 heavy (non-hydrogen) atoms. The highest BCUT2D eigenvalue weighted by atomic mass is 19.1. The Morgan fingerprint density at radius 1 is 0.964 bits per heavy atom. The fourth-order valence-electron chi connectivity index (χ4n) is 4.06. The van der Waals surface area contributed by atoms with Crippen LogP contribution < -0.4 is 4.74 Å². The van der Waals surface area contributed by atoms with Crippen molar-refractivity contribution in [1.82, 2.24) is 0 Å². The molecule has 0 amide bonds. The van der Waals surface area contributed by atoms with Crippen LogP contribution in [0.4, 0.5) is 8.78 Å². The van der Waals surface area contributed by atoms with E-state index in [2.05, 4.69) is 6.92 Å². The van der Waals surface area contributed by atoms with Crippen LogP contribution in [0.5, 0.6) is 5.75 Å². The molecule has 0 atom stereocenters. The maximum atomic E-state index is 15.2. The molecule has 4 heteroatoms. The van der Waals surface area contributed by atoms with E-state index in [0.717, 1.165) is 36.6 Å². The van der Waals surface area contributed by atoms with E-state index in [1.165, 1.54) is 6.42 Å². The predicted molar refractivity (Wildman–Crippen MR) is 108 cm³/mol. The zero-order valence-corrected chi connectivity index (χ0v) is 15.9. The van der Waals surface area contributed by atoms with Gasteiger partial charge in [0, 0.05) is 16.2 Å². The standard InChI is InChI=1S/C24H22F2O2/c1-2-4-14-7-8-16-12-19-17-9-10-20(27-13-15-5-3-6-15)22(26)23(17)28-24(19)21(25)18(16)11-14/h7-12,15H,2-6,13H2,1H3. The maximum Gasteiger partial charge on any atom is 0.208 e. The summed E-state index contributed by atoms with van der Waals surface area (Å²) in [5.41, 5.74) is 1.25. The molecule has 0 unspecified atom stereocenters. The van der Waals surface area contributed by atoms with E-state index >= 15 is 4.39 Å². The summed E-state index contributed by atoms with van der Waals surface area (Å²) >= 11 is 0. The van der Waals surface area contributed by atoms with Crippen molar-refractivity contribution in [2.75, 3.05) is 6.61 Å². The van der Waals surface area contributed by atoms with Gasteiger partial charge in [-0.1, -0.05) is 31.9 Å². The zero-order valence-electron chi connectivity index (χ0n) is 15.9. The van der Waals surface area contributed by atoms with Crippen LogP contribution >= 0.6 is 0 Å². The Labute approximate surface area is 162 Å². The third-order valence-electron chi connectivity index (χ3n) is 5.89. The third-order valence-corrected chi connectivity index (χ3v) is 5.89. The molecule has 0 bridgehead atoms. The molecule has 1 fully saturated rings. The van der Waals surface area contributed by atoms with Crippen LogP contribution in [0.25, 0.3) is 32.7 Å². The molecule has 4 aromatic rings. The van der Waals surface area contributed by atoms with E-state index in [4.69, 9.17) is 9.15 Å². The van der Waals surface area contributed by atoms with Crippen LogP contribution in [0.3, 0.4) is 0 Å². The van der Waals surface area contributed by atoms with Crippen LogP contribution in [0.1, 0.15) is 38.2 Å². The van der Waals surface area contributed by atoms with Crippen molar-refractivity contribution < 1.29 is 17.9 Å². The first-order valence-electron chi connectivity index (χ1n) is 10.0. The highest BCUT2D eigenvalue weighted by Gasteiger charge is 2.22. The Balaban J connectivity index is 1.64. The van der Waals surface area contributed by atoms with Gasteiger partial charge < -0.3 is 9.15 Å². The lowest BCUT2D eigenvalue weighted by molar-refractivity contribution is 0.175. The average Bonchev–Trinajstić information content (AvgIpc) is 3.03. The molecule has 3 aromatic carbocycles. The number of aryl methyl sites for hydroxylation is 1. The highest BCUT2D eigenvalue weighted by Crippen LogP contribution is 2.39. The lowest BCUT2D eigenvalue weighted by Crippen LogP contribution is -2.19. The Bertz CT molecular complexity index is 1190. The van der Waals surface area contributed by atoms with E-state index in [9.17, 15) is 4.39 Å². The van der Waals surface area contributed by atoms with Crippen LogP contribution in [-0.2, 0) is 6.42 Å². The van der Waals surface area contributed by atoms with Gasteiger partial charge in [-0.3, -0.25) is 0 Å². The Hall–Kier alpha value is -2.62. The van der Waals surface area contributed by atoms with Crippen LogP contribution in [-0.4, -0.2) is 6.61 Å². The first-order valence-corrected chi connectivity index (χ1v) is 10.0. The summed E-state index contributed by atoms with van der Waals surface area (Å²) in [5, 5.41) is 2.47. The molecule has 5 rings (SSSR count). The molecule has 1 saturated carbocycles. The monoisotopic (exact) mass is 380 g/mol. The number of hydrogen-bond acceptors (Lipinski definition) is 2. The molecule has 1 heterocycles. The lowest BCUT2D eigenvalue weighted by Gasteiger charge is -2.25.